The molecule has 7 heteroatoms. The largest absolute Gasteiger partial charge is 0.257 e. The van der Waals surface area contributed by atoms with Gasteiger partial charge in [0.25, 0.3) is 10.0 Å². The lowest BCUT2D eigenvalue weighted by atomic mass is 10.3. The van der Waals surface area contributed by atoms with Crippen LogP contribution in [0.4, 0.5) is 0 Å². The maximum Gasteiger partial charge on any atom is 0.257 e. The van der Waals surface area contributed by atoms with E-state index in [0.717, 1.165) is 23.7 Å². The number of hydrogen-bond acceptors (Lipinski definition) is 3. The van der Waals surface area contributed by atoms with Crippen molar-refractivity contribution in [1.29, 1.82) is 0 Å². The van der Waals surface area contributed by atoms with Crippen molar-refractivity contribution in [2.24, 2.45) is 7.05 Å². The van der Waals surface area contributed by atoms with Gasteiger partial charge in [-0.1, -0.05) is 29.0 Å². The highest BCUT2D eigenvalue weighted by Gasteiger charge is 2.16. The molecule has 0 saturated heterocycles. The lowest BCUT2D eigenvalue weighted by Crippen LogP contribution is -2.26. The van der Waals surface area contributed by atoms with Crippen LogP contribution in [0.3, 0.4) is 0 Å². The molecule has 0 radical (unpaired) electrons. The molecular weight excluding hydrogens is 341 g/mol. The first-order valence-electron chi connectivity index (χ1n) is 5.11. The molecule has 0 spiro atoms. The summed E-state index contributed by atoms with van der Waals surface area (Å²) in [5.74, 6) is 0. The number of alkyl halides is 1. The zero-order valence-corrected chi connectivity index (χ0v) is 12.2. The van der Waals surface area contributed by atoms with Crippen molar-refractivity contribution in [3.05, 3.63) is 12.3 Å². The predicted octanol–water partition coefficient (Wildman–Crippen LogP) is 1.30. The summed E-state index contributed by atoms with van der Waals surface area (Å²) in [7, 11) is -1.77. The fraction of sp³-hybridized carbons (Fsp3) is 0.667. The quantitative estimate of drug-likeness (QED) is 0.455. The van der Waals surface area contributed by atoms with Gasteiger partial charge in [0.15, 0.2) is 5.03 Å². The van der Waals surface area contributed by atoms with Crippen molar-refractivity contribution in [1.82, 2.24) is 14.5 Å². The van der Waals surface area contributed by atoms with E-state index in [2.05, 4.69) is 32.4 Å². The second-order valence-electron chi connectivity index (χ2n) is 3.44. The molecule has 1 aromatic heterocycles. The van der Waals surface area contributed by atoms with Crippen LogP contribution in [-0.2, 0) is 17.1 Å². The Morgan fingerprint density at radius 2 is 2.19 bits per heavy atom. The second kappa shape index (κ2) is 6.55. The third-order valence-electron chi connectivity index (χ3n) is 2.15. The van der Waals surface area contributed by atoms with E-state index in [1.807, 2.05) is 0 Å². The Hall–Kier alpha value is -0.150. The summed E-state index contributed by atoms with van der Waals surface area (Å²) < 4.78 is 28.6. The van der Waals surface area contributed by atoms with Gasteiger partial charge in [0.1, 0.15) is 0 Å². The number of aryl methyl sites for hydroxylation is 1. The maximum absolute atomic E-state index is 11.8. The number of unbranched alkanes of at least 4 members (excludes halogenated alkanes) is 2. The molecule has 0 fully saturated rings. The van der Waals surface area contributed by atoms with Gasteiger partial charge in [-0.15, -0.1) is 0 Å². The minimum atomic E-state index is -3.39. The summed E-state index contributed by atoms with van der Waals surface area (Å²) in [6.45, 7) is 0.490. The third kappa shape index (κ3) is 4.02. The molecule has 0 aliphatic carbocycles. The second-order valence-corrected chi connectivity index (χ2v) is 6.23. The molecular formula is C9H16IN3O2S. The summed E-state index contributed by atoms with van der Waals surface area (Å²) >= 11 is 2.32. The fourth-order valence-electron chi connectivity index (χ4n) is 1.30. The molecule has 5 nitrogen and oxygen atoms in total. The van der Waals surface area contributed by atoms with Gasteiger partial charge >= 0.3 is 0 Å². The van der Waals surface area contributed by atoms with Crippen molar-refractivity contribution in [2.75, 3.05) is 11.0 Å². The Morgan fingerprint density at radius 3 is 2.75 bits per heavy atom. The number of rotatable bonds is 7. The number of hydrogen-bond donors (Lipinski definition) is 1. The van der Waals surface area contributed by atoms with Gasteiger partial charge < -0.3 is 0 Å². The minimum absolute atomic E-state index is 0.210. The summed E-state index contributed by atoms with van der Waals surface area (Å²) in [6, 6.07) is 1.49. The highest BCUT2D eigenvalue weighted by molar-refractivity contribution is 14.1. The van der Waals surface area contributed by atoms with Gasteiger partial charge in [-0.2, -0.15) is 5.10 Å². The normalized spacial score (nSPS) is 11.9. The first kappa shape index (κ1) is 13.9. The lowest BCUT2D eigenvalue weighted by Gasteiger charge is -2.06. The van der Waals surface area contributed by atoms with Crippen molar-refractivity contribution >= 4 is 32.6 Å². The van der Waals surface area contributed by atoms with Gasteiger partial charge in [0.2, 0.25) is 0 Å². The Kier molecular flexibility index (Phi) is 5.70. The van der Waals surface area contributed by atoms with E-state index in [1.165, 1.54) is 16.9 Å². The summed E-state index contributed by atoms with van der Waals surface area (Å²) in [4.78, 5) is 0. The van der Waals surface area contributed by atoms with E-state index in [-0.39, 0.29) is 5.03 Å². The van der Waals surface area contributed by atoms with E-state index in [1.54, 1.807) is 7.05 Å². The molecule has 1 rings (SSSR count). The van der Waals surface area contributed by atoms with Crippen molar-refractivity contribution in [3.63, 3.8) is 0 Å². The molecule has 0 aromatic carbocycles. The van der Waals surface area contributed by atoms with E-state index in [0.29, 0.717) is 6.54 Å². The Labute approximate surface area is 110 Å². The van der Waals surface area contributed by atoms with Crippen molar-refractivity contribution < 1.29 is 8.42 Å². The monoisotopic (exact) mass is 357 g/mol. The molecule has 0 saturated carbocycles. The zero-order chi connectivity index (χ0) is 12.0. The highest BCUT2D eigenvalue weighted by Crippen LogP contribution is 2.06. The summed E-state index contributed by atoms with van der Waals surface area (Å²) in [5, 5.41) is 4.05. The average molecular weight is 357 g/mol. The lowest BCUT2D eigenvalue weighted by molar-refractivity contribution is 0.559. The summed E-state index contributed by atoms with van der Waals surface area (Å²) in [6.07, 6.45) is 4.54. The minimum Gasteiger partial charge on any atom is -0.256 e. The van der Waals surface area contributed by atoms with Crippen LogP contribution < -0.4 is 4.72 Å². The SMILES string of the molecule is Cn1nccc1S(=O)(=O)NCCCCCI. The Morgan fingerprint density at radius 1 is 1.44 bits per heavy atom. The van der Waals surface area contributed by atoms with Crippen molar-refractivity contribution in [3.8, 4) is 0 Å². The summed E-state index contributed by atoms with van der Waals surface area (Å²) in [5.41, 5.74) is 0. The standard InChI is InChI=1S/C9H16IN3O2S/c1-13-9(5-8-11-13)16(14,15)12-7-4-2-3-6-10/h5,8,12H,2-4,6-7H2,1H3. The van der Waals surface area contributed by atoms with Crippen LogP contribution in [0.5, 0.6) is 0 Å². The number of aromatic nitrogens is 2. The number of sulfonamides is 1. The topological polar surface area (TPSA) is 64.0 Å². The molecule has 0 bridgehead atoms. The van der Waals surface area contributed by atoms with Crippen LogP contribution in [0.2, 0.25) is 0 Å². The fourth-order valence-corrected chi connectivity index (χ4v) is 3.04. The van der Waals surface area contributed by atoms with E-state index in [4.69, 9.17) is 0 Å². The number of nitrogens with one attached hydrogen (secondary N) is 1. The smallest absolute Gasteiger partial charge is 0.256 e. The molecule has 0 aliphatic rings. The van der Waals surface area contributed by atoms with Gasteiger partial charge in [-0.25, -0.2) is 13.1 Å². The van der Waals surface area contributed by atoms with E-state index >= 15 is 0 Å². The van der Waals surface area contributed by atoms with E-state index in [9.17, 15) is 8.42 Å². The van der Waals surface area contributed by atoms with Crippen LogP contribution in [0.1, 0.15) is 19.3 Å². The van der Waals surface area contributed by atoms with Crippen LogP contribution in [0.15, 0.2) is 17.3 Å². The molecule has 0 atom stereocenters. The Balaban J connectivity index is 2.45. The number of halogens is 1. The maximum atomic E-state index is 11.8. The van der Waals surface area contributed by atoms with Gasteiger partial charge in [-0.3, -0.25) is 4.68 Å². The van der Waals surface area contributed by atoms with Crippen LogP contribution in [0.25, 0.3) is 0 Å². The molecule has 16 heavy (non-hydrogen) atoms. The molecule has 0 aliphatic heterocycles. The average Bonchev–Trinajstić information content (AvgIpc) is 2.65. The molecule has 1 heterocycles. The van der Waals surface area contributed by atoms with Gasteiger partial charge in [0, 0.05) is 13.6 Å². The molecule has 0 amide bonds. The molecule has 0 unspecified atom stereocenters. The van der Waals surface area contributed by atoms with Gasteiger partial charge in [0.05, 0.1) is 6.20 Å². The van der Waals surface area contributed by atoms with Gasteiger partial charge in [-0.05, 0) is 23.3 Å². The molecule has 92 valence electrons. The first-order valence-corrected chi connectivity index (χ1v) is 8.12. The van der Waals surface area contributed by atoms with Crippen LogP contribution in [0, 0.1) is 0 Å². The van der Waals surface area contributed by atoms with Crippen LogP contribution in [-0.4, -0.2) is 29.2 Å². The molecule has 1 N–H and O–H groups in total. The van der Waals surface area contributed by atoms with E-state index < -0.39 is 10.0 Å². The van der Waals surface area contributed by atoms with Crippen LogP contribution >= 0.6 is 22.6 Å². The zero-order valence-electron chi connectivity index (χ0n) is 9.19. The Bertz CT molecular complexity index is 416. The highest BCUT2D eigenvalue weighted by atomic mass is 127. The first-order chi connectivity index (χ1) is 7.58. The molecule has 1 aromatic rings. The predicted molar refractivity (Wildman–Crippen MR) is 71.1 cm³/mol. The van der Waals surface area contributed by atoms with Crippen molar-refractivity contribution in [2.45, 2.75) is 24.3 Å². The number of nitrogens with zero attached hydrogens (tertiary/aromatic N) is 2. The third-order valence-corrected chi connectivity index (χ3v) is 4.45.